The molecule has 1 aromatic rings. The number of nitrogens with one attached hydrogen (secondary N) is 2. The summed E-state index contributed by atoms with van der Waals surface area (Å²) in [6.45, 7) is 8.02. The van der Waals surface area contributed by atoms with Crippen molar-refractivity contribution in [3.05, 3.63) is 74.3 Å². The van der Waals surface area contributed by atoms with E-state index in [1.807, 2.05) is 19.9 Å². The van der Waals surface area contributed by atoms with Crippen molar-refractivity contribution in [2.24, 2.45) is 10.7 Å². The summed E-state index contributed by atoms with van der Waals surface area (Å²) in [5, 5.41) is 3.38. The standard InChI is InChI=1S/C23H25ClF2N4S2/c1-5-14(3)15(4)21(11-17(24)6-2)31-32-30-20-10-9-19(25)18(22(20)26)8-7-16-12-28-23(27)29-13-16/h6,9-13,23,28,30H,5,27H2,1-4H3/b15-14+,17-6+,21-11+. The Balaban J connectivity index is 2.19. The van der Waals surface area contributed by atoms with Crippen LogP contribution in [-0.4, -0.2) is 12.5 Å². The van der Waals surface area contributed by atoms with Crippen molar-refractivity contribution < 1.29 is 8.78 Å². The van der Waals surface area contributed by atoms with E-state index in [1.54, 1.807) is 12.3 Å². The molecule has 1 aliphatic rings. The zero-order valence-electron chi connectivity index (χ0n) is 18.2. The van der Waals surface area contributed by atoms with E-state index in [0.29, 0.717) is 10.6 Å². The smallest absolute Gasteiger partial charge is 0.170 e. The van der Waals surface area contributed by atoms with Crippen LogP contribution in [0.5, 0.6) is 0 Å². The van der Waals surface area contributed by atoms with Gasteiger partial charge in [-0.15, -0.1) is 0 Å². The monoisotopic (exact) mass is 494 g/mol. The Morgan fingerprint density at radius 2 is 2.09 bits per heavy atom. The van der Waals surface area contributed by atoms with Crippen LogP contribution in [0.1, 0.15) is 39.7 Å². The lowest BCUT2D eigenvalue weighted by molar-refractivity contribution is 0.580. The molecule has 4 nitrogen and oxygen atoms in total. The maximum atomic E-state index is 14.9. The molecule has 0 radical (unpaired) electrons. The summed E-state index contributed by atoms with van der Waals surface area (Å²) in [6, 6.07) is 2.52. The predicted molar refractivity (Wildman–Crippen MR) is 136 cm³/mol. The van der Waals surface area contributed by atoms with E-state index in [1.165, 1.54) is 45.7 Å². The van der Waals surface area contributed by atoms with Gasteiger partial charge in [0.25, 0.3) is 0 Å². The van der Waals surface area contributed by atoms with Crippen molar-refractivity contribution in [2.45, 2.75) is 40.4 Å². The molecule has 32 heavy (non-hydrogen) atoms. The Morgan fingerprint density at radius 3 is 2.72 bits per heavy atom. The van der Waals surface area contributed by atoms with Gasteiger partial charge < -0.3 is 10.0 Å². The van der Waals surface area contributed by atoms with Gasteiger partial charge in [0.15, 0.2) is 12.1 Å². The van der Waals surface area contributed by atoms with Crippen molar-refractivity contribution in [1.29, 1.82) is 0 Å². The minimum Gasteiger partial charge on any atom is -0.357 e. The molecular weight excluding hydrogens is 470 g/mol. The topological polar surface area (TPSA) is 62.4 Å². The Kier molecular flexibility index (Phi) is 10.4. The summed E-state index contributed by atoms with van der Waals surface area (Å²) < 4.78 is 32.0. The third-order valence-electron chi connectivity index (χ3n) is 4.57. The first-order valence-electron chi connectivity index (χ1n) is 9.81. The third kappa shape index (κ3) is 7.45. The van der Waals surface area contributed by atoms with E-state index in [9.17, 15) is 8.78 Å². The first kappa shape index (κ1) is 26.1. The molecule has 0 spiro atoms. The van der Waals surface area contributed by atoms with Crippen molar-refractivity contribution in [1.82, 2.24) is 5.32 Å². The van der Waals surface area contributed by atoms with E-state index in [0.717, 1.165) is 16.9 Å². The Labute approximate surface area is 201 Å². The zero-order valence-corrected chi connectivity index (χ0v) is 20.6. The van der Waals surface area contributed by atoms with Gasteiger partial charge in [-0.05, 0) is 61.8 Å². The second-order valence-corrected chi connectivity index (χ2v) is 9.15. The van der Waals surface area contributed by atoms with Gasteiger partial charge in [-0.25, -0.2) is 8.78 Å². The van der Waals surface area contributed by atoms with Gasteiger partial charge in [-0.2, -0.15) is 0 Å². The first-order valence-corrected chi connectivity index (χ1v) is 12.3. The molecule has 4 N–H and O–H groups in total. The molecule has 0 fully saturated rings. The highest BCUT2D eigenvalue weighted by molar-refractivity contribution is 8.78. The number of hydrogen-bond donors (Lipinski definition) is 3. The summed E-state index contributed by atoms with van der Waals surface area (Å²) in [6.07, 6.45) is 7.04. The number of benzene rings is 1. The number of halogens is 3. The van der Waals surface area contributed by atoms with Crippen LogP contribution in [0.3, 0.4) is 0 Å². The highest BCUT2D eigenvalue weighted by Gasteiger charge is 2.13. The number of nitrogens with two attached hydrogens (primary N) is 1. The summed E-state index contributed by atoms with van der Waals surface area (Å²) in [5.74, 6) is 3.72. The maximum Gasteiger partial charge on any atom is 0.170 e. The Morgan fingerprint density at radius 1 is 1.34 bits per heavy atom. The van der Waals surface area contributed by atoms with Gasteiger partial charge in [0, 0.05) is 33.3 Å². The Hall–Kier alpha value is -2.18. The maximum absolute atomic E-state index is 14.9. The van der Waals surface area contributed by atoms with Crippen LogP contribution in [0.25, 0.3) is 0 Å². The molecule has 0 saturated carbocycles. The SMILES string of the molecule is C\C=C(Cl)/C=C(SSNc1ccc(F)c(C#CC2=CNC(N)N=C2)c1F)\C(C)=C(/C)CC. The summed E-state index contributed by atoms with van der Waals surface area (Å²) in [7, 11) is 2.62. The average molecular weight is 495 g/mol. The van der Waals surface area contributed by atoms with E-state index in [-0.39, 0.29) is 11.3 Å². The van der Waals surface area contributed by atoms with E-state index in [2.05, 4.69) is 40.7 Å². The normalized spacial score (nSPS) is 17.1. The fraction of sp³-hybridized carbons (Fsp3) is 0.261. The van der Waals surface area contributed by atoms with E-state index < -0.39 is 17.9 Å². The number of rotatable bonds is 7. The second kappa shape index (κ2) is 12.8. The van der Waals surface area contributed by atoms with Gasteiger partial charge in [0.05, 0.1) is 16.8 Å². The number of hydrogen-bond acceptors (Lipinski definition) is 6. The number of nitrogens with zero attached hydrogens (tertiary/aromatic N) is 1. The minimum atomic E-state index is -0.766. The van der Waals surface area contributed by atoms with Crippen LogP contribution >= 0.6 is 33.4 Å². The van der Waals surface area contributed by atoms with Crippen molar-refractivity contribution in [2.75, 3.05) is 4.72 Å². The summed E-state index contributed by atoms with van der Waals surface area (Å²) >= 11 is 6.20. The largest absolute Gasteiger partial charge is 0.357 e. The molecule has 170 valence electrons. The molecule has 2 rings (SSSR count). The number of aliphatic imine (C=N–C) groups is 1. The lowest BCUT2D eigenvalue weighted by Crippen LogP contribution is -2.34. The molecule has 0 bridgehead atoms. The lowest BCUT2D eigenvalue weighted by atomic mass is 10.1. The molecule has 1 aromatic carbocycles. The van der Waals surface area contributed by atoms with Crippen LogP contribution in [0.15, 0.2) is 62.1 Å². The lowest BCUT2D eigenvalue weighted by Gasteiger charge is -2.12. The van der Waals surface area contributed by atoms with Crippen molar-refractivity contribution >= 4 is 45.3 Å². The third-order valence-corrected chi connectivity index (χ3v) is 6.93. The molecule has 1 aliphatic heterocycles. The van der Waals surface area contributed by atoms with Crippen LogP contribution in [0.2, 0.25) is 0 Å². The van der Waals surface area contributed by atoms with Gasteiger partial charge >= 0.3 is 0 Å². The van der Waals surface area contributed by atoms with E-state index in [4.69, 9.17) is 17.3 Å². The molecule has 0 aliphatic carbocycles. The summed E-state index contributed by atoms with van der Waals surface area (Å²) in [4.78, 5) is 4.89. The van der Waals surface area contributed by atoms with Gasteiger partial charge in [0.2, 0.25) is 0 Å². The average Bonchev–Trinajstić information content (AvgIpc) is 2.79. The molecule has 0 amide bonds. The number of anilines is 1. The molecule has 0 saturated heterocycles. The fourth-order valence-electron chi connectivity index (χ4n) is 2.35. The quantitative estimate of drug-likeness (QED) is 0.172. The minimum absolute atomic E-state index is 0.130. The predicted octanol–water partition coefficient (Wildman–Crippen LogP) is 6.60. The summed E-state index contributed by atoms with van der Waals surface area (Å²) in [5.41, 5.74) is 8.18. The van der Waals surface area contributed by atoms with E-state index >= 15 is 0 Å². The van der Waals surface area contributed by atoms with Crippen LogP contribution in [0, 0.1) is 23.5 Å². The van der Waals surface area contributed by atoms with Crippen molar-refractivity contribution in [3.63, 3.8) is 0 Å². The van der Waals surface area contributed by atoms with Crippen molar-refractivity contribution in [3.8, 4) is 11.8 Å². The van der Waals surface area contributed by atoms with Gasteiger partial charge in [-0.3, -0.25) is 10.7 Å². The molecular formula is C23H25ClF2N4S2. The van der Waals surface area contributed by atoms with Crippen LogP contribution < -0.4 is 15.8 Å². The molecule has 0 aromatic heterocycles. The fourth-order valence-corrected chi connectivity index (χ4v) is 4.56. The van der Waals surface area contributed by atoms with Crippen LogP contribution in [-0.2, 0) is 0 Å². The van der Waals surface area contributed by atoms with Gasteiger partial charge in [-0.1, -0.05) is 42.0 Å². The molecule has 1 heterocycles. The van der Waals surface area contributed by atoms with Gasteiger partial charge in [0.1, 0.15) is 5.82 Å². The Bertz CT molecular complexity index is 1070. The highest BCUT2D eigenvalue weighted by atomic mass is 35.5. The molecule has 1 unspecified atom stereocenters. The van der Waals surface area contributed by atoms with Crippen LogP contribution in [0.4, 0.5) is 14.5 Å². The first-order chi connectivity index (χ1) is 15.3. The zero-order chi connectivity index (χ0) is 23.7. The highest BCUT2D eigenvalue weighted by Crippen LogP contribution is 2.38. The molecule has 1 atom stereocenters. The number of allylic oxidation sites excluding steroid dienone is 6. The molecule has 9 heteroatoms. The second-order valence-electron chi connectivity index (χ2n) is 6.73.